The van der Waals surface area contributed by atoms with Crippen LogP contribution in [0.3, 0.4) is 0 Å². The van der Waals surface area contributed by atoms with Crippen LogP contribution < -0.4 is 10.6 Å². The first-order valence-electron chi connectivity index (χ1n) is 10.3. The average molecular weight is 429 g/mol. The molecule has 0 radical (unpaired) electrons. The Labute approximate surface area is 181 Å². The van der Waals surface area contributed by atoms with Crippen molar-refractivity contribution in [2.24, 2.45) is 0 Å². The van der Waals surface area contributed by atoms with E-state index >= 15 is 4.39 Å². The number of nitrogens with one attached hydrogen (secondary N) is 2. The minimum Gasteiger partial charge on any atom is -0.465 e. The van der Waals surface area contributed by atoms with Crippen molar-refractivity contribution in [3.8, 4) is 0 Å². The van der Waals surface area contributed by atoms with Gasteiger partial charge in [-0.1, -0.05) is 19.1 Å². The number of carboxylic acid groups (broad SMARTS) is 1. The van der Waals surface area contributed by atoms with Crippen LogP contribution >= 0.6 is 0 Å². The third kappa shape index (κ3) is 5.29. The molecule has 2 atom stereocenters. The van der Waals surface area contributed by atoms with Crippen LogP contribution in [0.5, 0.6) is 0 Å². The van der Waals surface area contributed by atoms with Gasteiger partial charge in [-0.3, -0.25) is 9.88 Å². The first kappa shape index (κ1) is 22.5. The molecule has 1 aliphatic heterocycles. The van der Waals surface area contributed by atoms with E-state index in [-0.39, 0.29) is 17.8 Å². The van der Waals surface area contributed by atoms with Gasteiger partial charge < -0.3 is 20.6 Å². The van der Waals surface area contributed by atoms with E-state index in [4.69, 9.17) is 0 Å². The fourth-order valence-corrected chi connectivity index (χ4v) is 4.06. The molecule has 1 saturated heterocycles. The molecule has 0 saturated carbocycles. The van der Waals surface area contributed by atoms with Gasteiger partial charge in [0.1, 0.15) is 0 Å². The summed E-state index contributed by atoms with van der Waals surface area (Å²) in [5, 5.41) is 14.6. The summed E-state index contributed by atoms with van der Waals surface area (Å²) in [6.45, 7) is 6.96. The van der Waals surface area contributed by atoms with Crippen molar-refractivity contribution in [2.75, 3.05) is 23.7 Å². The molecule has 9 heteroatoms. The maximum absolute atomic E-state index is 15.1. The normalized spacial score (nSPS) is 19.2. The van der Waals surface area contributed by atoms with Crippen LogP contribution in [-0.2, 0) is 6.54 Å². The Morgan fingerprint density at radius 2 is 2.03 bits per heavy atom. The Morgan fingerprint density at radius 3 is 2.71 bits per heavy atom. The van der Waals surface area contributed by atoms with Crippen LogP contribution in [0.1, 0.15) is 31.5 Å². The minimum atomic E-state index is -0.925. The highest BCUT2D eigenvalue weighted by Crippen LogP contribution is 2.25. The lowest BCUT2D eigenvalue weighted by Gasteiger charge is -2.45. The van der Waals surface area contributed by atoms with Gasteiger partial charge in [0.05, 0.1) is 11.7 Å². The van der Waals surface area contributed by atoms with Crippen molar-refractivity contribution in [1.82, 2.24) is 14.8 Å². The number of anilines is 2. The van der Waals surface area contributed by atoms with Gasteiger partial charge in [-0.05, 0) is 38.5 Å². The summed E-state index contributed by atoms with van der Waals surface area (Å²) >= 11 is 0. The van der Waals surface area contributed by atoms with Crippen molar-refractivity contribution in [3.05, 3.63) is 53.6 Å². The van der Waals surface area contributed by atoms with Crippen LogP contribution in [0.25, 0.3) is 0 Å². The molecule has 31 heavy (non-hydrogen) atoms. The molecule has 3 amide bonds. The van der Waals surface area contributed by atoms with Crippen molar-refractivity contribution >= 4 is 23.5 Å². The highest BCUT2D eigenvalue weighted by atomic mass is 19.1. The second-order valence-electron chi connectivity index (χ2n) is 7.71. The zero-order valence-corrected chi connectivity index (χ0v) is 17.9. The molecule has 2 aromatic rings. The number of carbonyl (C=O) groups excluding carboxylic acids is 1. The summed E-state index contributed by atoms with van der Waals surface area (Å²) in [5.74, 6) is -0.496. The monoisotopic (exact) mass is 429 g/mol. The average Bonchev–Trinajstić information content (AvgIpc) is 2.72. The van der Waals surface area contributed by atoms with Crippen LogP contribution in [-0.4, -0.2) is 57.2 Å². The van der Waals surface area contributed by atoms with Gasteiger partial charge in [-0.2, -0.15) is 0 Å². The predicted octanol–water partition coefficient (Wildman–Crippen LogP) is 4.14. The molecule has 1 aliphatic rings. The molecule has 1 fully saturated rings. The molecule has 0 aliphatic carbocycles. The maximum Gasteiger partial charge on any atom is 0.407 e. The number of benzene rings is 1. The maximum atomic E-state index is 15.1. The smallest absolute Gasteiger partial charge is 0.407 e. The van der Waals surface area contributed by atoms with Crippen LogP contribution in [0.15, 0.2) is 36.5 Å². The fourth-order valence-electron chi connectivity index (χ4n) is 4.06. The van der Waals surface area contributed by atoms with Crippen molar-refractivity contribution in [1.29, 1.82) is 0 Å². The number of aryl methyl sites for hydroxylation is 1. The van der Waals surface area contributed by atoms with E-state index in [0.717, 1.165) is 5.69 Å². The summed E-state index contributed by atoms with van der Waals surface area (Å²) in [7, 11) is 0. The molecule has 0 bridgehead atoms. The Kier molecular flexibility index (Phi) is 7.06. The molecule has 3 rings (SSSR count). The third-order valence-electron chi connectivity index (χ3n) is 5.68. The molecule has 166 valence electrons. The number of hydrogen-bond donors (Lipinski definition) is 3. The number of aromatic nitrogens is 1. The molecular formula is C22H28FN5O3. The van der Waals surface area contributed by atoms with Gasteiger partial charge in [-0.25, -0.2) is 14.0 Å². The number of carbonyl (C=O) groups is 2. The van der Waals surface area contributed by atoms with E-state index in [0.29, 0.717) is 37.3 Å². The number of hydrogen-bond acceptors (Lipinski definition) is 4. The molecule has 8 nitrogen and oxygen atoms in total. The highest BCUT2D eigenvalue weighted by Gasteiger charge is 2.35. The standard InChI is InChI=1S/C22H28FN5O3/c1-4-19-15(3)27(10-11-28(19)22(30)31)13-16-6-5-7-18(20(16)23)26-21(29)25-17-8-9-24-14(2)12-17/h5-9,12,15,19H,4,10-11,13H2,1-3H3,(H,30,31)(H2,24,25,26,29)/t15-,19?/m0/s1. The largest absolute Gasteiger partial charge is 0.465 e. The van der Waals surface area contributed by atoms with E-state index < -0.39 is 17.9 Å². The Morgan fingerprint density at radius 1 is 1.26 bits per heavy atom. The summed E-state index contributed by atoms with van der Waals surface area (Å²) < 4.78 is 15.1. The second kappa shape index (κ2) is 9.74. The highest BCUT2D eigenvalue weighted by molar-refractivity contribution is 5.99. The van der Waals surface area contributed by atoms with Crippen LogP contribution in [0, 0.1) is 12.7 Å². The van der Waals surface area contributed by atoms with Gasteiger partial charge in [0.25, 0.3) is 0 Å². The third-order valence-corrected chi connectivity index (χ3v) is 5.68. The zero-order chi connectivity index (χ0) is 22.5. The van der Waals surface area contributed by atoms with Gasteiger partial charge in [0.15, 0.2) is 5.82 Å². The molecule has 1 aromatic heterocycles. The van der Waals surface area contributed by atoms with Crippen molar-refractivity contribution in [2.45, 2.75) is 45.8 Å². The number of nitrogens with zero attached hydrogens (tertiary/aromatic N) is 3. The number of halogens is 1. The second-order valence-corrected chi connectivity index (χ2v) is 7.71. The zero-order valence-electron chi connectivity index (χ0n) is 17.9. The molecule has 2 heterocycles. The Balaban J connectivity index is 1.69. The molecule has 3 N–H and O–H groups in total. The number of urea groups is 1. The first-order chi connectivity index (χ1) is 14.8. The van der Waals surface area contributed by atoms with Gasteiger partial charge in [0.2, 0.25) is 0 Å². The lowest BCUT2D eigenvalue weighted by molar-refractivity contribution is 0.0247. The first-order valence-corrected chi connectivity index (χ1v) is 10.3. The van der Waals surface area contributed by atoms with Gasteiger partial charge in [-0.15, -0.1) is 0 Å². The minimum absolute atomic E-state index is 0.0518. The van der Waals surface area contributed by atoms with Gasteiger partial charge >= 0.3 is 12.1 Å². The number of piperazine rings is 1. The summed E-state index contributed by atoms with van der Waals surface area (Å²) in [6, 6.07) is 7.51. The molecule has 1 unspecified atom stereocenters. The molecule has 0 spiro atoms. The fraction of sp³-hybridized carbons (Fsp3) is 0.409. The summed E-state index contributed by atoms with van der Waals surface area (Å²) in [4.78, 5) is 31.4. The quantitative estimate of drug-likeness (QED) is 0.664. The van der Waals surface area contributed by atoms with E-state index in [1.807, 2.05) is 20.8 Å². The summed E-state index contributed by atoms with van der Waals surface area (Å²) in [6.07, 6.45) is 1.34. The summed E-state index contributed by atoms with van der Waals surface area (Å²) in [5.41, 5.74) is 1.86. The van der Waals surface area contributed by atoms with E-state index in [2.05, 4.69) is 20.5 Å². The number of pyridine rings is 1. The van der Waals surface area contributed by atoms with E-state index in [9.17, 15) is 14.7 Å². The number of rotatable bonds is 5. The topological polar surface area (TPSA) is 97.8 Å². The molecular weight excluding hydrogens is 401 g/mol. The van der Waals surface area contributed by atoms with Gasteiger partial charge in [0, 0.05) is 48.8 Å². The van der Waals surface area contributed by atoms with E-state index in [1.54, 1.807) is 30.5 Å². The van der Waals surface area contributed by atoms with Crippen LogP contribution in [0.4, 0.5) is 25.4 Å². The lowest BCUT2D eigenvalue weighted by atomic mass is 9.99. The number of amides is 3. The molecule has 1 aromatic carbocycles. The Bertz CT molecular complexity index is 954. The lowest BCUT2D eigenvalue weighted by Crippen LogP contribution is -2.59. The Hall–Kier alpha value is -3.20. The van der Waals surface area contributed by atoms with Crippen molar-refractivity contribution < 1.29 is 19.1 Å². The van der Waals surface area contributed by atoms with E-state index in [1.165, 1.54) is 11.0 Å². The van der Waals surface area contributed by atoms with Crippen LogP contribution in [0.2, 0.25) is 0 Å². The predicted molar refractivity (Wildman–Crippen MR) is 117 cm³/mol. The van der Waals surface area contributed by atoms with Crippen molar-refractivity contribution in [3.63, 3.8) is 0 Å². The SMILES string of the molecule is CCC1[C@H](C)N(Cc2cccc(NC(=O)Nc3ccnc(C)c3)c2F)CCN1C(=O)O.